The molecule has 0 N–H and O–H groups in total. The Morgan fingerprint density at radius 3 is 1.41 bits per heavy atom. The number of benzene rings is 1. The summed E-state index contributed by atoms with van der Waals surface area (Å²) in [6.45, 7) is 0. The Hall–Kier alpha value is 0.637. The van der Waals surface area contributed by atoms with Crippen molar-refractivity contribution in [2.24, 2.45) is 0 Å². The Bertz CT molecular complexity index is 502. The molecule has 0 aliphatic carbocycles. The first-order chi connectivity index (χ1) is 7.71. The molecule has 0 bridgehead atoms. The molecule has 0 unspecified atom stereocenters. The second-order valence-electron chi connectivity index (χ2n) is 6.62. The number of hydrogen-bond acceptors (Lipinski definition) is 3. The van der Waals surface area contributed by atoms with Crippen LogP contribution in [0.3, 0.4) is 0 Å². The van der Waals surface area contributed by atoms with E-state index in [9.17, 15) is 0 Å². The van der Waals surface area contributed by atoms with Gasteiger partial charge in [0.05, 0.1) is 0 Å². The summed E-state index contributed by atoms with van der Waals surface area (Å²) in [6.07, 6.45) is 0. The summed E-state index contributed by atoms with van der Waals surface area (Å²) in [5, 5.41) is 0. The van der Waals surface area contributed by atoms with Crippen molar-refractivity contribution >= 4 is 66.7 Å². The minimum absolute atomic E-state index is 1.22. The molecule has 5 heteroatoms. The van der Waals surface area contributed by atoms with Crippen molar-refractivity contribution in [1.82, 2.24) is 8.75 Å². The molecule has 0 aliphatic heterocycles. The fourth-order valence-corrected chi connectivity index (χ4v) is 11.5. The van der Waals surface area contributed by atoms with Crippen molar-refractivity contribution in [1.29, 1.82) is 0 Å². The minimum atomic E-state index is -2.06. The van der Waals surface area contributed by atoms with E-state index in [1.54, 1.807) is 0 Å². The predicted molar refractivity (Wildman–Crippen MR) is 83.4 cm³/mol. The van der Waals surface area contributed by atoms with E-state index in [1.165, 1.54) is 29.9 Å². The van der Waals surface area contributed by atoms with Crippen LogP contribution in [0.25, 0.3) is 11.0 Å². The molecule has 1 aromatic heterocycles. The molecule has 1 aromatic carbocycles. The Morgan fingerprint density at radius 2 is 1.12 bits per heavy atom. The van der Waals surface area contributed by atoms with Crippen LogP contribution in [0.1, 0.15) is 0 Å². The van der Waals surface area contributed by atoms with E-state index >= 15 is 0 Å². The number of fused-ring (bicyclic) bond motifs is 1. The summed E-state index contributed by atoms with van der Waals surface area (Å²) in [6, 6.07) is 4.72. The zero-order valence-corrected chi connectivity index (χ0v) is 18.0. The Balaban J connectivity index is 2.76. The number of nitrogens with zero attached hydrogens (tertiary/aromatic N) is 2. The van der Waals surface area contributed by atoms with Gasteiger partial charge in [0, 0.05) is 0 Å². The molecule has 0 amide bonds. The molecule has 0 atom stereocenters. The van der Waals surface area contributed by atoms with Crippen LogP contribution in [0, 0.1) is 0 Å². The van der Waals surface area contributed by atoms with Gasteiger partial charge in [-0.15, -0.1) is 0 Å². The average molecular weight is 462 g/mol. The molecule has 17 heavy (non-hydrogen) atoms. The van der Waals surface area contributed by atoms with Gasteiger partial charge in [-0.1, -0.05) is 0 Å². The molecule has 0 saturated carbocycles. The van der Waals surface area contributed by atoms with Gasteiger partial charge in [-0.25, -0.2) is 0 Å². The molecule has 0 spiro atoms. The summed E-state index contributed by atoms with van der Waals surface area (Å²) < 4.78 is 12.2. The van der Waals surface area contributed by atoms with Crippen LogP contribution in [-0.2, 0) is 0 Å². The van der Waals surface area contributed by atoms with E-state index in [2.05, 4.69) is 50.5 Å². The molecular formula is C12H20N2SSn2. The van der Waals surface area contributed by atoms with Gasteiger partial charge < -0.3 is 0 Å². The topological polar surface area (TPSA) is 25.8 Å². The van der Waals surface area contributed by atoms with Gasteiger partial charge >= 0.3 is 117 Å². The van der Waals surface area contributed by atoms with Crippen LogP contribution in [0.2, 0.25) is 29.6 Å². The van der Waals surface area contributed by atoms with Gasteiger partial charge in [0.2, 0.25) is 0 Å². The van der Waals surface area contributed by atoms with E-state index in [0.29, 0.717) is 0 Å². The molecule has 2 aromatic rings. The summed E-state index contributed by atoms with van der Waals surface area (Å²) in [5.41, 5.74) is 2.45. The standard InChI is InChI=1S/C6H2N2S.6CH3.2Sn/c1-2-4-6-5(3-1)7-9-8-6;;;;;;;;/h1-2H;6*1H3;;. The first kappa shape index (κ1) is 14.1. The molecule has 1 heterocycles. The van der Waals surface area contributed by atoms with Gasteiger partial charge in [-0.2, -0.15) is 0 Å². The van der Waals surface area contributed by atoms with E-state index in [1.807, 2.05) is 0 Å². The second-order valence-corrected chi connectivity index (χ2v) is 35.9. The summed E-state index contributed by atoms with van der Waals surface area (Å²) >= 11 is -2.74. The third kappa shape index (κ3) is 2.81. The van der Waals surface area contributed by atoms with Gasteiger partial charge in [0.1, 0.15) is 0 Å². The zero-order chi connectivity index (χ0) is 12.8. The normalized spacial score (nSPS) is 13.3. The predicted octanol–water partition coefficient (Wildman–Crippen LogP) is 2.78. The third-order valence-electron chi connectivity index (χ3n) is 3.03. The number of rotatable bonds is 2. The van der Waals surface area contributed by atoms with Crippen molar-refractivity contribution in [3.63, 3.8) is 0 Å². The van der Waals surface area contributed by atoms with Gasteiger partial charge in [0.15, 0.2) is 0 Å². The molecule has 2 rings (SSSR count). The van der Waals surface area contributed by atoms with Crippen LogP contribution in [0.5, 0.6) is 0 Å². The third-order valence-corrected chi connectivity index (χ3v) is 15.1. The van der Waals surface area contributed by atoms with Crippen molar-refractivity contribution in [2.75, 3.05) is 0 Å². The molecule has 0 aliphatic rings. The van der Waals surface area contributed by atoms with Crippen molar-refractivity contribution in [2.45, 2.75) is 29.6 Å². The fourth-order valence-electron chi connectivity index (χ4n) is 2.08. The molecule has 0 fully saturated rings. The fraction of sp³-hybridized carbons (Fsp3) is 0.500. The Labute approximate surface area is 116 Å². The number of hydrogen-bond donors (Lipinski definition) is 0. The Morgan fingerprint density at radius 1 is 0.765 bits per heavy atom. The van der Waals surface area contributed by atoms with Crippen LogP contribution in [0.4, 0.5) is 0 Å². The molecule has 92 valence electrons. The SMILES string of the molecule is [CH3][Sn]([CH3])([CH3])[c]1cc[c]([Sn]([CH3])([CH3])[CH3])c2nsnc12. The van der Waals surface area contributed by atoms with E-state index < -0.39 is 36.8 Å². The van der Waals surface area contributed by atoms with Crippen molar-refractivity contribution in [3.8, 4) is 0 Å². The zero-order valence-electron chi connectivity index (χ0n) is 11.5. The molecular weight excluding hydrogens is 442 g/mol. The van der Waals surface area contributed by atoms with Crippen molar-refractivity contribution in [3.05, 3.63) is 12.1 Å². The second kappa shape index (κ2) is 4.63. The van der Waals surface area contributed by atoms with E-state index in [4.69, 9.17) is 0 Å². The van der Waals surface area contributed by atoms with Gasteiger partial charge in [-0.05, 0) is 0 Å². The molecule has 2 nitrogen and oxygen atoms in total. The first-order valence-electron chi connectivity index (χ1n) is 5.97. The van der Waals surface area contributed by atoms with Crippen LogP contribution in [0.15, 0.2) is 12.1 Å². The summed E-state index contributed by atoms with van der Waals surface area (Å²) in [5.74, 6) is 0. The van der Waals surface area contributed by atoms with Crippen LogP contribution < -0.4 is 7.16 Å². The summed E-state index contributed by atoms with van der Waals surface area (Å²) in [7, 11) is 0. The quantitative estimate of drug-likeness (QED) is 0.643. The van der Waals surface area contributed by atoms with E-state index in [-0.39, 0.29) is 0 Å². The van der Waals surface area contributed by atoms with Gasteiger partial charge in [-0.3, -0.25) is 0 Å². The maximum absolute atomic E-state index is 4.58. The summed E-state index contributed by atoms with van der Waals surface area (Å²) in [4.78, 5) is 14.7. The molecule has 0 saturated heterocycles. The Kier molecular flexibility index (Phi) is 3.83. The van der Waals surface area contributed by atoms with E-state index in [0.717, 1.165) is 0 Å². The monoisotopic (exact) mass is 464 g/mol. The maximum atomic E-state index is 4.58. The van der Waals surface area contributed by atoms with Gasteiger partial charge in [0.25, 0.3) is 0 Å². The average Bonchev–Trinajstić information content (AvgIpc) is 2.60. The van der Waals surface area contributed by atoms with Crippen molar-refractivity contribution < 1.29 is 0 Å². The first-order valence-corrected chi connectivity index (χ1v) is 26.7. The van der Waals surface area contributed by atoms with Crippen LogP contribution in [-0.4, -0.2) is 45.5 Å². The van der Waals surface area contributed by atoms with Crippen LogP contribution >= 0.6 is 11.7 Å². The molecule has 0 radical (unpaired) electrons. The number of aromatic nitrogens is 2.